The van der Waals surface area contributed by atoms with Gasteiger partial charge in [-0.15, -0.1) is 11.8 Å². The second-order valence-corrected chi connectivity index (χ2v) is 5.83. The van der Waals surface area contributed by atoms with Crippen molar-refractivity contribution < 1.29 is 0 Å². The van der Waals surface area contributed by atoms with E-state index in [1.54, 1.807) is 11.8 Å². The number of pyridine rings is 1. The third-order valence-corrected chi connectivity index (χ3v) is 4.26. The van der Waals surface area contributed by atoms with Crippen molar-refractivity contribution in [3.8, 4) is 0 Å². The number of thioether (sulfide) groups is 1. The fraction of sp³-hybridized carbons (Fsp3) is 0.267. The van der Waals surface area contributed by atoms with Gasteiger partial charge < -0.3 is 5.32 Å². The van der Waals surface area contributed by atoms with Crippen molar-refractivity contribution in [1.29, 1.82) is 0 Å². The zero-order valence-electron chi connectivity index (χ0n) is 11.1. The van der Waals surface area contributed by atoms with Gasteiger partial charge in [0.25, 0.3) is 0 Å². The van der Waals surface area contributed by atoms with Gasteiger partial charge in [0.15, 0.2) is 0 Å². The van der Waals surface area contributed by atoms with Crippen LogP contribution in [0.4, 0.5) is 0 Å². The summed E-state index contributed by atoms with van der Waals surface area (Å²) in [7, 11) is 1.94. The van der Waals surface area contributed by atoms with Crippen LogP contribution in [-0.4, -0.2) is 12.0 Å². The van der Waals surface area contributed by atoms with E-state index in [1.807, 2.05) is 25.4 Å². The molecule has 1 N–H and O–H groups in total. The molecule has 1 aromatic heterocycles. The smallest absolute Gasteiger partial charge is 0.0571 e. The van der Waals surface area contributed by atoms with Gasteiger partial charge in [-0.05, 0) is 43.8 Å². The molecule has 2 aromatic rings. The Morgan fingerprint density at radius 2 is 1.95 bits per heavy atom. The first kappa shape index (κ1) is 14.4. The highest BCUT2D eigenvalue weighted by atomic mass is 35.5. The maximum atomic E-state index is 5.87. The van der Waals surface area contributed by atoms with Crippen molar-refractivity contribution in [2.75, 3.05) is 7.05 Å². The summed E-state index contributed by atoms with van der Waals surface area (Å²) in [6.45, 7) is 2.10. The summed E-state index contributed by atoms with van der Waals surface area (Å²) in [5.41, 5.74) is 2.33. The highest BCUT2D eigenvalue weighted by molar-refractivity contribution is 7.98. The number of hydrogen-bond donors (Lipinski definition) is 1. The third-order valence-electron chi connectivity index (χ3n) is 2.95. The van der Waals surface area contributed by atoms with Crippen molar-refractivity contribution >= 4 is 23.4 Å². The summed E-state index contributed by atoms with van der Waals surface area (Å²) < 4.78 is 0. The van der Waals surface area contributed by atoms with Gasteiger partial charge in [-0.25, -0.2) is 0 Å². The predicted octanol–water partition coefficient (Wildman–Crippen LogP) is 4.31. The molecule has 0 amide bonds. The number of benzene rings is 1. The molecular formula is C15H17ClN2S. The molecule has 1 heterocycles. The van der Waals surface area contributed by atoms with Crippen LogP contribution in [-0.2, 0) is 5.75 Å². The maximum Gasteiger partial charge on any atom is 0.0571 e. The minimum Gasteiger partial charge on any atom is -0.312 e. The van der Waals surface area contributed by atoms with Crippen LogP contribution >= 0.6 is 23.4 Å². The van der Waals surface area contributed by atoms with Crippen molar-refractivity contribution in [3.05, 3.63) is 58.9 Å². The van der Waals surface area contributed by atoms with E-state index < -0.39 is 0 Å². The molecule has 0 radical (unpaired) electrons. The monoisotopic (exact) mass is 292 g/mol. The van der Waals surface area contributed by atoms with Crippen LogP contribution in [0.5, 0.6) is 0 Å². The van der Waals surface area contributed by atoms with Gasteiger partial charge in [-0.1, -0.05) is 23.7 Å². The molecule has 0 aliphatic heterocycles. The zero-order valence-corrected chi connectivity index (χ0v) is 12.6. The Balaban J connectivity index is 1.94. The average molecular weight is 293 g/mol. The number of aromatic nitrogens is 1. The van der Waals surface area contributed by atoms with Crippen molar-refractivity contribution in [3.63, 3.8) is 0 Å². The van der Waals surface area contributed by atoms with Crippen LogP contribution < -0.4 is 5.32 Å². The fourth-order valence-electron chi connectivity index (χ4n) is 1.63. The molecule has 4 heteroatoms. The number of hydrogen-bond acceptors (Lipinski definition) is 3. The van der Waals surface area contributed by atoms with E-state index in [4.69, 9.17) is 11.6 Å². The lowest BCUT2D eigenvalue weighted by Crippen LogP contribution is -2.13. The lowest BCUT2D eigenvalue weighted by molar-refractivity contribution is 0.631. The Morgan fingerprint density at radius 1 is 1.21 bits per heavy atom. The third kappa shape index (κ3) is 4.23. The summed E-state index contributed by atoms with van der Waals surface area (Å²) in [4.78, 5) is 5.65. The number of nitrogens with zero attached hydrogens (tertiary/aromatic N) is 1. The van der Waals surface area contributed by atoms with Gasteiger partial charge in [-0.2, -0.15) is 0 Å². The van der Waals surface area contributed by atoms with Crippen LogP contribution in [0.25, 0.3) is 0 Å². The Hall–Kier alpha value is -1.03. The molecule has 0 spiro atoms. The first-order valence-corrected chi connectivity index (χ1v) is 7.56. The van der Waals surface area contributed by atoms with Gasteiger partial charge >= 0.3 is 0 Å². The summed E-state index contributed by atoms with van der Waals surface area (Å²) >= 11 is 7.65. The molecule has 1 atom stereocenters. The van der Waals surface area contributed by atoms with Gasteiger partial charge in [0, 0.05) is 27.9 Å². The number of halogens is 1. The second-order valence-electron chi connectivity index (χ2n) is 4.34. The number of nitrogens with one attached hydrogen (secondary N) is 1. The molecule has 1 aromatic carbocycles. The van der Waals surface area contributed by atoms with Crippen molar-refractivity contribution in [2.24, 2.45) is 0 Å². The normalized spacial score (nSPS) is 12.4. The maximum absolute atomic E-state index is 5.87. The lowest BCUT2D eigenvalue weighted by Gasteiger charge is -2.09. The Kier molecular flexibility index (Phi) is 5.25. The molecule has 19 heavy (non-hydrogen) atoms. The van der Waals surface area contributed by atoms with Crippen LogP contribution in [0.2, 0.25) is 5.02 Å². The van der Waals surface area contributed by atoms with E-state index in [0.29, 0.717) is 0 Å². The van der Waals surface area contributed by atoms with E-state index in [0.717, 1.165) is 16.5 Å². The first-order valence-electron chi connectivity index (χ1n) is 6.19. The van der Waals surface area contributed by atoms with Gasteiger partial charge in [0.2, 0.25) is 0 Å². The molecule has 1 unspecified atom stereocenters. The minimum atomic E-state index is 0.287. The standard InChI is InChI=1S/C15H17ClN2S/c1-11(17-2)15-8-7-14(9-18-15)19-10-12-3-5-13(16)6-4-12/h3-9,11,17H,10H2,1-2H3. The molecule has 100 valence electrons. The Morgan fingerprint density at radius 3 is 2.53 bits per heavy atom. The predicted molar refractivity (Wildman–Crippen MR) is 82.7 cm³/mol. The Bertz CT molecular complexity index is 511. The molecule has 0 bridgehead atoms. The zero-order chi connectivity index (χ0) is 13.7. The van der Waals surface area contributed by atoms with Crippen molar-refractivity contribution in [2.45, 2.75) is 23.6 Å². The molecule has 2 rings (SSSR count). The van der Waals surface area contributed by atoms with E-state index >= 15 is 0 Å². The topological polar surface area (TPSA) is 24.9 Å². The highest BCUT2D eigenvalue weighted by Crippen LogP contribution is 2.23. The molecule has 2 nitrogen and oxygen atoms in total. The molecule has 0 saturated carbocycles. The SMILES string of the molecule is CNC(C)c1ccc(SCc2ccc(Cl)cc2)cn1. The fourth-order valence-corrected chi connectivity index (χ4v) is 2.57. The largest absolute Gasteiger partial charge is 0.312 e. The van der Waals surface area contributed by atoms with Crippen LogP contribution in [0, 0.1) is 0 Å². The van der Waals surface area contributed by atoms with E-state index in [2.05, 4.69) is 41.5 Å². The summed E-state index contributed by atoms with van der Waals surface area (Å²) in [5.74, 6) is 0.930. The lowest BCUT2D eigenvalue weighted by atomic mass is 10.2. The summed E-state index contributed by atoms with van der Waals surface area (Å²) in [6, 6.07) is 12.4. The van der Waals surface area contributed by atoms with Gasteiger partial charge in [0.1, 0.15) is 0 Å². The Labute approximate surface area is 123 Å². The van der Waals surface area contributed by atoms with Crippen LogP contribution in [0.3, 0.4) is 0 Å². The van der Waals surface area contributed by atoms with Crippen molar-refractivity contribution in [1.82, 2.24) is 10.3 Å². The number of rotatable bonds is 5. The summed E-state index contributed by atoms with van der Waals surface area (Å²) in [5, 5.41) is 3.96. The highest BCUT2D eigenvalue weighted by Gasteiger charge is 2.04. The van der Waals surface area contributed by atoms with Gasteiger partial charge in [-0.3, -0.25) is 4.98 Å². The molecule has 0 aliphatic carbocycles. The molecular weight excluding hydrogens is 276 g/mol. The first-order chi connectivity index (χ1) is 9.19. The van der Waals surface area contributed by atoms with E-state index in [9.17, 15) is 0 Å². The van der Waals surface area contributed by atoms with E-state index in [1.165, 1.54) is 10.5 Å². The van der Waals surface area contributed by atoms with E-state index in [-0.39, 0.29) is 6.04 Å². The second kappa shape index (κ2) is 6.94. The molecule has 0 fully saturated rings. The van der Waals surface area contributed by atoms with Crippen LogP contribution in [0.1, 0.15) is 24.2 Å². The van der Waals surface area contributed by atoms with Crippen LogP contribution in [0.15, 0.2) is 47.5 Å². The van der Waals surface area contributed by atoms with Gasteiger partial charge in [0.05, 0.1) is 5.69 Å². The quantitative estimate of drug-likeness (QED) is 0.831. The average Bonchev–Trinajstić information content (AvgIpc) is 2.46. The molecule has 0 saturated heterocycles. The minimum absolute atomic E-state index is 0.287. The molecule has 0 aliphatic rings. The summed E-state index contributed by atoms with van der Waals surface area (Å²) in [6.07, 6.45) is 1.93.